The number of hydrogen-bond donors (Lipinski definition) is 1. The average Bonchev–Trinajstić information content (AvgIpc) is 3.08. The first kappa shape index (κ1) is 40.8. The quantitative estimate of drug-likeness (QED) is 0.158. The van der Waals surface area contributed by atoms with Gasteiger partial charge >= 0.3 is 18.2 Å². The van der Waals surface area contributed by atoms with Crippen LogP contribution in [0.4, 0.5) is 27.0 Å². The number of nitrogens with one attached hydrogen (secondary N) is 1. The van der Waals surface area contributed by atoms with E-state index in [2.05, 4.69) is 34.0 Å². The highest BCUT2D eigenvalue weighted by Gasteiger charge is 2.38. The molecule has 3 aromatic rings. The van der Waals surface area contributed by atoms with E-state index in [0.29, 0.717) is 56.8 Å². The molecule has 1 N–H and O–H groups in total. The van der Waals surface area contributed by atoms with Gasteiger partial charge in [0.25, 0.3) is 0 Å². The number of amides is 2. The zero-order chi connectivity index (χ0) is 38.9. The minimum Gasteiger partial charge on any atom is -0.467 e. The Bertz CT molecular complexity index is 1690. The molecule has 2 aromatic heterocycles. The Hall–Kier alpha value is -4.98. The molecule has 0 aliphatic carbocycles. The van der Waals surface area contributed by atoms with Gasteiger partial charge in [-0.05, 0) is 82.9 Å². The zero-order valence-corrected chi connectivity index (χ0v) is 32.9. The number of pyridine rings is 1. The highest BCUT2D eigenvalue weighted by atomic mass is 16.6. The molecule has 14 nitrogen and oxygen atoms in total. The van der Waals surface area contributed by atoms with Crippen LogP contribution in [0.3, 0.4) is 0 Å². The lowest BCUT2D eigenvalue weighted by Gasteiger charge is -2.40. The minimum absolute atomic E-state index is 0.320. The van der Waals surface area contributed by atoms with Crippen LogP contribution in [0, 0.1) is 5.92 Å². The number of carbonyl (C=O) groups is 3. The predicted octanol–water partition coefficient (Wildman–Crippen LogP) is 6.21. The van der Waals surface area contributed by atoms with E-state index < -0.39 is 29.3 Å². The largest absolute Gasteiger partial charge is 0.467 e. The molecular formula is C39H56N8O6. The fourth-order valence-electron chi connectivity index (χ4n) is 6.18. The SMILES string of the molecule is COC(=O)C1CN(Cc2cccc(Nc3nccc(-c4ccc(N(C)CCN(C)C(=O)OC(C)(C)CC(C)C)nc4)n3)c2)CCN1C(=O)OC(C)(C)C. The van der Waals surface area contributed by atoms with Gasteiger partial charge < -0.3 is 29.3 Å². The van der Waals surface area contributed by atoms with Gasteiger partial charge in [-0.25, -0.2) is 29.3 Å². The lowest BCUT2D eigenvalue weighted by atomic mass is 9.96. The van der Waals surface area contributed by atoms with Crippen LogP contribution >= 0.6 is 0 Å². The van der Waals surface area contributed by atoms with Gasteiger partial charge in [0.2, 0.25) is 5.95 Å². The van der Waals surface area contributed by atoms with Crippen LogP contribution < -0.4 is 10.2 Å². The van der Waals surface area contributed by atoms with Crippen LogP contribution in [-0.2, 0) is 25.5 Å². The Balaban J connectivity index is 1.34. The summed E-state index contributed by atoms with van der Waals surface area (Å²) in [6.45, 7) is 16.4. The monoisotopic (exact) mass is 732 g/mol. The second-order valence-corrected chi connectivity index (χ2v) is 15.5. The van der Waals surface area contributed by atoms with Gasteiger partial charge in [0, 0.05) is 77.0 Å². The van der Waals surface area contributed by atoms with Gasteiger partial charge in [-0.15, -0.1) is 0 Å². The summed E-state index contributed by atoms with van der Waals surface area (Å²) in [6, 6.07) is 12.9. The predicted molar refractivity (Wildman–Crippen MR) is 205 cm³/mol. The summed E-state index contributed by atoms with van der Waals surface area (Å²) in [7, 11) is 5.00. The molecule has 1 aromatic carbocycles. The van der Waals surface area contributed by atoms with Crippen molar-refractivity contribution in [3.8, 4) is 11.3 Å². The van der Waals surface area contributed by atoms with Gasteiger partial charge in [-0.1, -0.05) is 26.0 Å². The van der Waals surface area contributed by atoms with Crippen LogP contribution in [-0.4, -0.2) is 119 Å². The second-order valence-electron chi connectivity index (χ2n) is 15.5. The van der Waals surface area contributed by atoms with Crippen molar-refractivity contribution in [2.75, 3.05) is 64.1 Å². The molecule has 1 aliphatic heterocycles. The van der Waals surface area contributed by atoms with Crippen molar-refractivity contribution in [1.29, 1.82) is 0 Å². The summed E-state index contributed by atoms with van der Waals surface area (Å²) in [4.78, 5) is 59.1. The smallest absolute Gasteiger partial charge is 0.411 e. The Labute approximate surface area is 313 Å². The van der Waals surface area contributed by atoms with E-state index >= 15 is 0 Å². The van der Waals surface area contributed by atoms with Crippen molar-refractivity contribution in [2.45, 2.75) is 78.7 Å². The first-order valence-corrected chi connectivity index (χ1v) is 18.0. The topological polar surface area (TPSA) is 143 Å². The van der Waals surface area contributed by atoms with E-state index in [4.69, 9.17) is 19.2 Å². The van der Waals surface area contributed by atoms with Crippen LogP contribution in [0.1, 0.15) is 60.5 Å². The molecule has 53 heavy (non-hydrogen) atoms. The van der Waals surface area contributed by atoms with Crippen molar-refractivity contribution in [3.05, 3.63) is 60.4 Å². The third-order valence-corrected chi connectivity index (χ3v) is 8.59. The van der Waals surface area contributed by atoms with Crippen molar-refractivity contribution < 1.29 is 28.6 Å². The first-order valence-electron chi connectivity index (χ1n) is 18.0. The number of hydrogen-bond acceptors (Lipinski definition) is 12. The molecule has 3 heterocycles. The third kappa shape index (κ3) is 12.3. The molecule has 1 saturated heterocycles. The second kappa shape index (κ2) is 17.7. The minimum atomic E-state index is -0.769. The fourth-order valence-corrected chi connectivity index (χ4v) is 6.18. The number of benzene rings is 1. The van der Waals surface area contributed by atoms with Crippen LogP contribution in [0.15, 0.2) is 54.9 Å². The molecular weight excluding hydrogens is 676 g/mol. The molecule has 2 amide bonds. The molecule has 0 spiro atoms. The molecule has 14 heteroatoms. The van der Waals surface area contributed by atoms with Crippen molar-refractivity contribution in [2.24, 2.45) is 5.92 Å². The summed E-state index contributed by atoms with van der Waals surface area (Å²) in [5.41, 5.74) is 2.17. The van der Waals surface area contributed by atoms with Crippen LogP contribution in [0.5, 0.6) is 0 Å². The van der Waals surface area contributed by atoms with E-state index in [1.54, 1.807) is 45.1 Å². The molecule has 288 valence electrons. The molecule has 1 atom stereocenters. The Morgan fingerprint density at radius 2 is 1.74 bits per heavy atom. The lowest BCUT2D eigenvalue weighted by Crippen LogP contribution is -2.59. The lowest BCUT2D eigenvalue weighted by molar-refractivity contribution is -0.149. The molecule has 0 bridgehead atoms. The van der Waals surface area contributed by atoms with E-state index in [9.17, 15) is 14.4 Å². The number of rotatable bonds is 13. The summed E-state index contributed by atoms with van der Waals surface area (Å²) in [5.74, 6) is 1.15. The number of methoxy groups -OCH3 is 1. The highest BCUT2D eigenvalue weighted by Crippen LogP contribution is 2.24. The number of nitrogens with zero attached hydrogens (tertiary/aromatic N) is 7. The molecule has 4 rings (SSSR count). The Morgan fingerprint density at radius 1 is 0.981 bits per heavy atom. The number of ether oxygens (including phenoxy) is 3. The van der Waals surface area contributed by atoms with Gasteiger partial charge in [0.05, 0.1) is 12.8 Å². The first-order chi connectivity index (χ1) is 24.9. The zero-order valence-electron chi connectivity index (χ0n) is 32.9. The molecule has 0 radical (unpaired) electrons. The van der Waals surface area contributed by atoms with E-state index in [-0.39, 0.29) is 6.09 Å². The number of likely N-dealkylation sites (N-methyl/N-ethyl adjacent to an activating group) is 2. The van der Waals surface area contributed by atoms with E-state index in [1.165, 1.54) is 12.0 Å². The van der Waals surface area contributed by atoms with Gasteiger partial charge in [-0.2, -0.15) is 0 Å². The number of aromatic nitrogens is 3. The van der Waals surface area contributed by atoms with E-state index in [1.807, 2.05) is 68.3 Å². The molecule has 1 aliphatic rings. The highest BCUT2D eigenvalue weighted by molar-refractivity contribution is 5.82. The molecule has 1 unspecified atom stereocenters. The summed E-state index contributed by atoms with van der Waals surface area (Å²) in [6.07, 6.45) is 3.40. The number of anilines is 3. The standard InChI is InChI=1S/C39H56N8O6/c1-27(2)23-39(6,7)53-36(49)45(9)19-18-44(8)33-15-14-29(24-41-33)31-16-17-40-35(43-31)42-30-13-11-12-28(22-30)25-46-20-21-47(32(26-46)34(48)51-10)37(50)52-38(3,4)5/h11-17,22,24,27,32H,18-21,23,25-26H2,1-10H3,(H,40,42,43). The van der Waals surface area contributed by atoms with Crippen LogP contribution in [0.2, 0.25) is 0 Å². The average molecular weight is 733 g/mol. The summed E-state index contributed by atoms with van der Waals surface area (Å²) >= 11 is 0. The van der Waals surface area contributed by atoms with Crippen molar-refractivity contribution >= 4 is 35.6 Å². The third-order valence-electron chi connectivity index (χ3n) is 8.59. The van der Waals surface area contributed by atoms with Crippen LogP contribution in [0.25, 0.3) is 11.3 Å². The maximum atomic E-state index is 12.8. The molecule has 1 fully saturated rings. The fraction of sp³-hybridized carbons (Fsp3) is 0.538. The van der Waals surface area contributed by atoms with Gasteiger partial charge in [0.15, 0.2) is 0 Å². The number of piperazine rings is 1. The van der Waals surface area contributed by atoms with Crippen molar-refractivity contribution in [1.82, 2.24) is 29.7 Å². The number of carbonyl (C=O) groups excluding carboxylic acids is 3. The summed E-state index contributed by atoms with van der Waals surface area (Å²) < 4.78 is 16.3. The van der Waals surface area contributed by atoms with Gasteiger partial charge in [0.1, 0.15) is 23.1 Å². The normalized spacial score (nSPS) is 15.2. The Morgan fingerprint density at radius 3 is 2.40 bits per heavy atom. The molecule has 0 saturated carbocycles. The maximum Gasteiger partial charge on any atom is 0.411 e. The van der Waals surface area contributed by atoms with E-state index in [0.717, 1.165) is 29.1 Å². The van der Waals surface area contributed by atoms with Crippen molar-refractivity contribution in [3.63, 3.8) is 0 Å². The Kier molecular flexibility index (Phi) is 13.6. The van der Waals surface area contributed by atoms with Gasteiger partial charge in [-0.3, -0.25) is 9.80 Å². The number of esters is 1. The summed E-state index contributed by atoms with van der Waals surface area (Å²) in [5, 5.41) is 3.31. The maximum absolute atomic E-state index is 12.8.